The molecule has 0 saturated carbocycles. The van der Waals surface area contributed by atoms with Crippen LogP contribution in [-0.4, -0.2) is 208 Å². The Hall–Kier alpha value is -8.08. The van der Waals surface area contributed by atoms with Gasteiger partial charge in [-0.3, -0.25) is 14.7 Å². The molecular formula is C80H85Cl6N23O3S. The first-order chi connectivity index (χ1) is 54.8. The van der Waals surface area contributed by atoms with Gasteiger partial charge in [-0.25, -0.2) is 57.4 Å². The number of nitriles is 3. The van der Waals surface area contributed by atoms with Crippen LogP contribution in [-0.2, 0) is 21.1 Å². The van der Waals surface area contributed by atoms with Crippen molar-refractivity contribution >= 4 is 130 Å². The van der Waals surface area contributed by atoms with Gasteiger partial charge < -0.3 is 24.4 Å². The second-order valence-corrected chi connectivity index (χ2v) is 37.5. The molecule has 10 aromatic rings. The van der Waals surface area contributed by atoms with E-state index in [9.17, 15) is 24.2 Å². The second-order valence-electron chi connectivity index (χ2n) is 32.7. The zero-order chi connectivity index (χ0) is 77.5. The zero-order valence-corrected chi connectivity index (χ0v) is 67.8. The molecule has 0 amide bonds. The predicted octanol–water partition coefficient (Wildman–Crippen LogP) is 13.2. The third kappa shape index (κ3) is 15.4. The van der Waals surface area contributed by atoms with E-state index in [-0.39, 0.29) is 64.3 Å². The van der Waals surface area contributed by atoms with Gasteiger partial charge in [-0.1, -0.05) is 87.8 Å². The van der Waals surface area contributed by atoms with Crippen molar-refractivity contribution in [3.63, 3.8) is 0 Å². The lowest BCUT2D eigenvalue weighted by atomic mass is 9.74. The number of halogens is 6. The lowest BCUT2D eigenvalue weighted by Gasteiger charge is -2.51. The molecule has 8 unspecified atom stereocenters. The van der Waals surface area contributed by atoms with E-state index in [2.05, 4.69) is 62.7 Å². The number of hydrogen-bond acceptors (Lipinski definition) is 22. The highest BCUT2D eigenvalue weighted by molar-refractivity contribution is 7.91. The number of H-pyrrole nitrogens is 1. The quantitative estimate of drug-likeness (QED) is 0.0741. The van der Waals surface area contributed by atoms with Crippen LogP contribution < -0.4 is 14.7 Å². The van der Waals surface area contributed by atoms with Crippen LogP contribution in [0.4, 0.5) is 17.5 Å². The molecule has 113 heavy (non-hydrogen) atoms. The summed E-state index contributed by atoms with van der Waals surface area (Å²) in [6, 6.07) is 22.6. The number of sulfone groups is 1. The predicted molar refractivity (Wildman–Crippen MR) is 434 cm³/mol. The molecule has 0 radical (unpaired) electrons. The minimum absolute atomic E-state index is 0.0713. The first-order valence-electron chi connectivity index (χ1n) is 39.4. The number of hydrogen-bond donors (Lipinski definition) is 1. The SMILES string of the molecule is CC(c1ccc(Cl)cc1Cl)n1nc(C#N)c2ncc(N3CC(C4CC(CC(c5ccc(Cl)cc5Cl)n5nc(C#N)c6ncc(N7CC(C8CC(CC(c9ccc(Cl)cc9Cl)n9nc(C#N)c%10ncc(N%11CC(C%12CCCN(Cc%13cnc[nH]%13)C%12)C%11)nc%109)CN(C9CCS(=O)(=O)CC9)C8)C7)nc65)CN(C5CCOCC5)C4)C3)nc21. The number of likely N-dealkylation sites (tertiary alicyclic amines) is 3. The van der Waals surface area contributed by atoms with Gasteiger partial charge in [0.15, 0.2) is 34.0 Å². The van der Waals surface area contributed by atoms with E-state index >= 15 is 0 Å². The maximum Gasteiger partial charge on any atom is 0.190 e. The van der Waals surface area contributed by atoms with E-state index in [0.29, 0.717) is 157 Å². The van der Waals surface area contributed by atoms with Crippen molar-refractivity contribution in [3.05, 3.63) is 155 Å². The fraction of sp³-hybridized carbons (Fsp3) is 0.512. The number of nitrogens with one attached hydrogen (secondary N) is 1. The summed E-state index contributed by atoms with van der Waals surface area (Å²) >= 11 is 41.0. The van der Waals surface area contributed by atoms with E-state index in [0.717, 1.165) is 132 Å². The molecule has 26 nitrogen and oxygen atoms in total. The molecule has 8 atom stereocenters. The number of nitrogens with zero attached hydrogens (tertiary/aromatic N) is 22. The summed E-state index contributed by atoms with van der Waals surface area (Å²) in [5.41, 5.74) is 6.84. The number of benzene rings is 3. The van der Waals surface area contributed by atoms with Gasteiger partial charge in [-0.15, -0.1) is 0 Å². The molecule has 15 heterocycles. The van der Waals surface area contributed by atoms with Crippen LogP contribution in [0, 0.1) is 81.3 Å². The maximum atomic E-state index is 13.1. The molecule has 33 heteroatoms. The standard InChI is InChI=1S/C80H85Cl6N23O3S/c1-46(61-7-4-55(81)23-64(61)84)107-78-75(67(26-87)98-107)91-30-72(95-78)105-40-53(41-105)50-19-47(33-102(36-50)59-10-15-112-16-11-59)21-70(62-8-5-56(82)24-65(62)85)108-80-77(69(28-89)99-108)93-32-74(97-80)106-42-54(43-106)51-20-48(34-103(37-51)60-12-17-113(110,111)18-13-60)22-71(63-9-6-57(83)25-66(63)86)109-79-76(68(27-88)100-109)92-31-73(96-79)104-38-52(39-104)49-3-2-14-101(35-49)44-58-29-90-45-94-58/h4-9,23-25,29-32,45-54,59-60,70-71H,2-3,10-22,33-44H2,1H3,(H,90,94). The Labute approximate surface area is 685 Å². The zero-order valence-electron chi connectivity index (χ0n) is 62.4. The Bertz CT molecular complexity index is 5470. The van der Waals surface area contributed by atoms with Crippen LogP contribution >= 0.6 is 69.6 Å². The second kappa shape index (κ2) is 31.8. The third-order valence-corrected chi connectivity index (χ3v) is 29.2. The Morgan fingerprint density at radius 3 is 1.39 bits per heavy atom. The van der Waals surface area contributed by atoms with Gasteiger partial charge in [0.2, 0.25) is 0 Å². The largest absolute Gasteiger partial charge is 0.381 e. The Morgan fingerprint density at radius 2 is 0.947 bits per heavy atom. The van der Waals surface area contributed by atoms with E-state index in [1.54, 1.807) is 53.9 Å². The Kier molecular flexibility index (Phi) is 21.5. The number of aromatic nitrogens is 14. The third-order valence-electron chi connectivity index (χ3n) is 25.8. The van der Waals surface area contributed by atoms with E-state index in [1.165, 1.54) is 6.42 Å². The van der Waals surface area contributed by atoms with Crippen LogP contribution in [0.2, 0.25) is 30.1 Å². The fourth-order valence-electron chi connectivity index (χ4n) is 19.7. The smallest absolute Gasteiger partial charge is 0.190 e. The first kappa shape index (κ1) is 76.2. The van der Waals surface area contributed by atoms with Gasteiger partial charge >= 0.3 is 0 Å². The van der Waals surface area contributed by atoms with Crippen molar-refractivity contribution < 1.29 is 13.2 Å². The summed E-state index contributed by atoms with van der Waals surface area (Å²) in [5, 5.41) is 49.6. The average molecular weight is 1660 g/mol. The molecule has 3 aromatic carbocycles. The van der Waals surface area contributed by atoms with Crippen molar-refractivity contribution in [2.75, 3.05) is 118 Å². The number of anilines is 3. The lowest BCUT2D eigenvalue weighted by Crippen LogP contribution is -2.57. The molecule has 7 aromatic heterocycles. The van der Waals surface area contributed by atoms with Gasteiger partial charge in [0.05, 0.1) is 54.5 Å². The monoisotopic (exact) mass is 1660 g/mol. The molecule has 1 N–H and O–H groups in total. The van der Waals surface area contributed by atoms with Gasteiger partial charge in [0.25, 0.3) is 0 Å². The number of imidazole rings is 1. The van der Waals surface area contributed by atoms with Gasteiger partial charge in [-0.05, 0) is 178 Å². The minimum atomic E-state index is -3.15. The summed E-state index contributed by atoms with van der Waals surface area (Å²) in [6.45, 7) is 14.3. The summed E-state index contributed by atoms with van der Waals surface area (Å²) < 4.78 is 37.6. The molecule has 0 spiro atoms. The van der Waals surface area contributed by atoms with Gasteiger partial charge in [0.1, 0.15) is 62.0 Å². The number of rotatable bonds is 20. The summed E-state index contributed by atoms with van der Waals surface area (Å²) in [5.74, 6) is 4.80. The van der Waals surface area contributed by atoms with Crippen molar-refractivity contribution in [1.82, 2.24) is 83.9 Å². The van der Waals surface area contributed by atoms with E-state index < -0.39 is 21.9 Å². The number of ether oxygens (including phenoxy) is 1. The van der Waals surface area contributed by atoms with E-state index in [1.807, 2.05) is 52.8 Å². The summed E-state index contributed by atoms with van der Waals surface area (Å²) in [6.07, 6.45) is 17.3. The Balaban J connectivity index is 0.607. The molecule has 8 saturated heterocycles. The van der Waals surface area contributed by atoms with Gasteiger partial charge in [0, 0.05) is 146 Å². The lowest BCUT2D eigenvalue weighted by molar-refractivity contribution is -0.00926. The highest BCUT2D eigenvalue weighted by Crippen LogP contribution is 2.47. The van der Waals surface area contributed by atoms with Crippen LogP contribution in [0.1, 0.15) is 129 Å². The molecule has 8 aliphatic rings. The fourth-order valence-corrected chi connectivity index (χ4v) is 22.8. The first-order valence-corrected chi connectivity index (χ1v) is 43.5. The van der Waals surface area contributed by atoms with E-state index in [4.69, 9.17) is 114 Å². The van der Waals surface area contributed by atoms with Crippen LogP contribution in [0.5, 0.6) is 0 Å². The maximum absolute atomic E-state index is 13.1. The van der Waals surface area contributed by atoms with Crippen molar-refractivity contribution in [1.29, 1.82) is 15.8 Å². The molecule has 8 aliphatic heterocycles. The highest BCUT2D eigenvalue weighted by atomic mass is 35.5. The molecule has 0 bridgehead atoms. The van der Waals surface area contributed by atoms with Gasteiger partial charge in [-0.2, -0.15) is 31.1 Å². The number of aromatic amines is 1. The van der Waals surface area contributed by atoms with Crippen molar-refractivity contribution in [2.24, 2.45) is 47.3 Å². The minimum Gasteiger partial charge on any atom is -0.381 e. The molecule has 0 aliphatic carbocycles. The highest BCUT2D eigenvalue weighted by Gasteiger charge is 2.46. The van der Waals surface area contributed by atoms with Crippen molar-refractivity contribution in [2.45, 2.75) is 108 Å². The molecule has 18 rings (SSSR count). The topological polar surface area (TPSA) is 294 Å². The molecule has 8 fully saturated rings. The van der Waals surface area contributed by atoms with Crippen LogP contribution in [0.3, 0.4) is 0 Å². The average Bonchev–Trinajstić information content (AvgIpc) is 1.62. The van der Waals surface area contributed by atoms with Crippen LogP contribution in [0.25, 0.3) is 33.5 Å². The van der Waals surface area contributed by atoms with Crippen LogP contribution in [0.15, 0.2) is 85.7 Å². The summed E-state index contributed by atoms with van der Waals surface area (Å²) in [7, 11) is -3.15. The number of fused-ring (bicyclic) bond motifs is 3. The normalized spacial score (nSPS) is 23.6. The number of piperidine rings is 3. The molecular weight excluding hydrogens is 1580 g/mol. The summed E-state index contributed by atoms with van der Waals surface area (Å²) in [4.78, 5) is 52.8. The molecule has 586 valence electrons. The van der Waals surface area contributed by atoms with Crippen molar-refractivity contribution in [3.8, 4) is 18.2 Å². The Morgan fingerprint density at radius 1 is 0.513 bits per heavy atom.